The number of carbonyl (C=O) groups excluding carboxylic acids is 2. The average molecular weight is 194 g/mol. The van der Waals surface area contributed by atoms with Crippen molar-refractivity contribution in [2.45, 2.75) is 13.3 Å². The number of hydrogen-bond donors (Lipinski definition) is 1. The zero-order valence-electron chi connectivity index (χ0n) is 8.46. The highest BCUT2D eigenvalue weighted by Crippen LogP contribution is 2.14. The minimum Gasteiger partial charge on any atom is -0.345 e. The fraction of sp³-hybridized carbons (Fsp3) is 0.600. The summed E-state index contributed by atoms with van der Waals surface area (Å²) >= 11 is 0. The maximum atomic E-state index is 11.4. The first-order valence-electron chi connectivity index (χ1n) is 4.60. The fourth-order valence-electron chi connectivity index (χ4n) is 1.46. The van der Waals surface area contributed by atoms with Crippen LogP contribution in [0.15, 0.2) is 0 Å². The van der Waals surface area contributed by atoms with Crippen molar-refractivity contribution in [3.8, 4) is 11.8 Å². The molecule has 0 radical (unpaired) electrons. The Morgan fingerprint density at radius 2 is 2.43 bits per heavy atom. The molecule has 2 amide bonds. The molecule has 1 rings (SSSR count). The maximum Gasteiger partial charge on any atom is 0.295 e. The van der Waals surface area contributed by atoms with Crippen molar-refractivity contribution in [3.05, 3.63) is 0 Å². The number of rotatable bonds is 2. The molecule has 0 aromatic heterocycles. The second-order valence-electron chi connectivity index (χ2n) is 3.33. The molecule has 0 bridgehead atoms. The molecule has 0 spiro atoms. The molecule has 0 aliphatic carbocycles. The minimum atomic E-state index is -0.310. The Morgan fingerprint density at radius 1 is 1.71 bits per heavy atom. The van der Waals surface area contributed by atoms with Crippen LogP contribution in [0.2, 0.25) is 0 Å². The number of likely N-dealkylation sites (tertiary alicyclic amines) is 1. The molecule has 0 saturated carbocycles. The van der Waals surface area contributed by atoms with Gasteiger partial charge in [0, 0.05) is 20.1 Å². The lowest BCUT2D eigenvalue weighted by molar-refractivity contribution is -0.129. The summed E-state index contributed by atoms with van der Waals surface area (Å²) in [5.74, 6) is 4.60. The second-order valence-corrected chi connectivity index (χ2v) is 3.33. The molecule has 4 heteroatoms. The Hall–Kier alpha value is -1.50. The van der Waals surface area contributed by atoms with Gasteiger partial charge in [0.2, 0.25) is 5.91 Å². The van der Waals surface area contributed by atoms with Crippen LogP contribution >= 0.6 is 0 Å². The van der Waals surface area contributed by atoms with Crippen molar-refractivity contribution in [3.63, 3.8) is 0 Å². The summed E-state index contributed by atoms with van der Waals surface area (Å²) < 4.78 is 0. The third-order valence-corrected chi connectivity index (χ3v) is 2.29. The number of nitrogens with one attached hydrogen (secondary N) is 1. The lowest BCUT2D eigenvalue weighted by Gasteiger charge is -2.09. The van der Waals surface area contributed by atoms with Crippen LogP contribution in [0.25, 0.3) is 0 Å². The molecule has 1 N–H and O–H groups in total. The first-order valence-corrected chi connectivity index (χ1v) is 4.60. The molecule has 0 aromatic carbocycles. The van der Waals surface area contributed by atoms with Crippen LogP contribution in [0.5, 0.6) is 0 Å². The smallest absolute Gasteiger partial charge is 0.295 e. The molecule has 14 heavy (non-hydrogen) atoms. The highest BCUT2D eigenvalue weighted by atomic mass is 16.2. The summed E-state index contributed by atoms with van der Waals surface area (Å²) in [7, 11) is 1.77. The third kappa shape index (κ3) is 2.49. The number of carbonyl (C=O) groups is 2. The van der Waals surface area contributed by atoms with E-state index in [1.165, 1.54) is 0 Å². The Balaban J connectivity index is 2.35. The van der Waals surface area contributed by atoms with E-state index in [-0.39, 0.29) is 17.7 Å². The van der Waals surface area contributed by atoms with E-state index < -0.39 is 0 Å². The van der Waals surface area contributed by atoms with Gasteiger partial charge in [-0.15, -0.1) is 0 Å². The summed E-state index contributed by atoms with van der Waals surface area (Å²) in [5.41, 5.74) is 0. The molecular formula is C10H14N2O2. The van der Waals surface area contributed by atoms with Crippen molar-refractivity contribution in [2.75, 3.05) is 20.1 Å². The van der Waals surface area contributed by atoms with Gasteiger partial charge in [-0.2, -0.15) is 0 Å². The predicted octanol–water partition coefficient (Wildman–Crippen LogP) is -0.396. The monoisotopic (exact) mass is 194 g/mol. The molecule has 1 saturated heterocycles. The van der Waals surface area contributed by atoms with Crippen LogP contribution in [-0.4, -0.2) is 36.9 Å². The van der Waals surface area contributed by atoms with E-state index in [0.29, 0.717) is 6.54 Å². The lowest BCUT2D eigenvalue weighted by Crippen LogP contribution is -2.32. The van der Waals surface area contributed by atoms with Gasteiger partial charge in [0.15, 0.2) is 0 Å². The standard InChI is InChI=1S/C10H14N2O2/c1-3-4-9(13)11-7-8-5-6-12(2)10(8)14/h8H,5-7H2,1-2H3,(H,11,13). The van der Waals surface area contributed by atoms with Crippen LogP contribution < -0.4 is 5.32 Å². The summed E-state index contributed by atoms with van der Waals surface area (Å²) in [6.07, 6.45) is 0.815. The number of nitrogens with zero attached hydrogens (tertiary/aromatic N) is 1. The van der Waals surface area contributed by atoms with E-state index in [9.17, 15) is 9.59 Å². The van der Waals surface area contributed by atoms with Crippen molar-refractivity contribution in [1.82, 2.24) is 10.2 Å². The molecule has 76 valence electrons. The summed E-state index contributed by atoms with van der Waals surface area (Å²) in [4.78, 5) is 24.1. The van der Waals surface area contributed by atoms with E-state index >= 15 is 0 Å². The summed E-state index contributed by atoms with van der Waals surface area (Å²) in [6.45, 7) is 2.78. The molecule has 4 nitrogen and oxygen atoms in total. The second kappa shape index (κ2) is 4.66. The maximum absolute atomic E-state index is 11.4. The molecule has 1 atom stereocenters. The molecule has 1 fully saturated rings. The third-order valence-electron chi connectivity index (χ3n) is 2.29. The van der Waals surface area contributed by atoms with Gasteiger partial charge in [-0.05, 0) is 19.3 Å². The average Bonchev–Trinajstić information content (AvgIpc) is 2.46. The van der Waals surface area contributed by atoms with E-state index in [2.05, 4.69) is 17.2 Å². The van der Waals surface area contributed by atoms with Gasteiger partial charge >= 0.3 is 0 Å². The van der Waals surface area contributed by atoms with Crippen LogP contribution in [0, 0.1) is 17.8 Å². The Labute approximate surface area is 83.6 Å². The van der Waals surface area contributed by atoms with Gasteiger partial charge in [0.1, 0.15) is 0 Å². The molecule has 1 unspecified atom stereocenters. The first kappa shape index (κ1) is 10.6. The minimum absolute atomic E-state index is 0.0670. The van der Waals surface area contributed by atoms with Crippen molar-refractivity contribution in [2.24, 2.45) is 5.92 Å². The largest absolute Gasteiger partial charge is 0.345 e. The molecule has 1 heterocycles. The van der Waals surface area contributed by atoms with Crippen LogP contribution in [0.4, 0.5) is 0 Å². The Bertz CT molecular complexity index is 301. The predicted molar refractivity (Wildman–Crippen MR) is 52.2 cm³/mol. The molecular weight excluding hydrogens is 180 g/mol. The zero-order chi connectivity index (χ0) is 10.6. The van der Waals surface area contributed by atoms with Crippen LogP contribution in [0.1, 0.15) is 13.3 Å². The van der Waals surface area contributed by atoms with Gasteiger partial charge in [0.25, 0.3) is 5.91 Å². The molecule has 1 aliphatic heterocycles. The normalized spacial score (nSPS) is 20.3. The number of hydrogen-bond acceptors (Lipinski definition) is 2. The first-order chi connectivity index (χ1) is 6.65. The fourth-order valence-corrected chi connectivity index (χ4v) is 1.46. The highest BCUT2D eigenvalue weighted by Gasteiger charge is 2.28. The van der Waals surface area contributed by atoms with Crippen LogP contribution in [0.3, 0.4) is 0 Å². The van der Waals surface area contributed by atoms with E-state index in [1.54, 1.807) is 18.9 Å². The Morgan fingerprint density at radius 3 is 2.93 bits per heavy atom. The summed E-state index contributed by atoms with van der Waals surface area (Å²) in [6, 6.07) is 0. The van der Waals surface area contributed by atoms with E-state index in [0.717, 1.165) is 13.0 Å². The van der Waals surface area contributed by atoms with Crippen LogP contribution in [-0.2, 0) is 9.59 Å². The lowest BCUT2D eigenvalue weighted by atomic mass is 10.1. The van der Waals surface area contributed by atoms with Gasteiger partial charge in [-0.3, -0.25) is 9.59 Å². The van der Waals surface area contributed by atoms with Gasteiger partial charge < -0.3 is 10.2 Å². The van der Waals surface area contributed by atoms with Crippen molar-refractivity contribution >= 4 is 11.8 Å². The van der Waals surface area contributed by atoms with Gasteiger partial charge in [-0.1, -0.05) is 5.92 Å². The Kier molecular flexibility index (Phi) is 3.52. The van der Waals surface area contributed by atoms with Crippen molar-refractivity contribution < 1.29 is 9.59 Å². The zero-order valence-corrected chi connectivity index (χ0v) is 8.46. The SMILES string of the molecule is CC#CC(=O)NCC1CCN(C)C1=O. The van der Waals surface area contributed by atoms with Gasteiger partial charge in [-0.25, -0.2) is 0 Å². The molecule has 0 aromatic rings. The topological polar surface area (TPSA) is 49.4 Å². The van der Waals surface area contributed by atoms with Crippen molar-refractivity contribution in [1.29, 1.82) is 0 Å². The molecule has 1 aliphatic rings. The van der Waals surface area contributed by atoms with E-state index in [1.807, 2.05) is 0 Å². The van der Waals surface area contributed by atoms with Gasteiger partial charge in [0.05, 0.1) is 5.92 Å². The quantitative estimate of drug-likeness (QED) is 0.608. The highest BCUT2D eigenvalue weighted by molar-refractivity contribution is 5.93. The number of amides is 2. The summed E-state index contributed by atoms with van der Waals surface area (Å²) in [5, 5.41) is 2.62. The van der Waals surface area contributed by atoms with E-state index in [4.69, 9.17) is 0 Å².